The maximum absolute atomic E-state index is 12.3. The Kier molecular flexibility index (Phi) is 7.20. The third-order valence-electron chi connectivity index (χ3n) is 4.62. The highest BCUT2D eigenvalue weighted by Crippen LogP contribution is 2.25. The van der Waals surface area contributed by atoms with Gasteiger partial charge in [0.15, 0.2) is 5.11 Å². The summed E-state index contributed by atoms with van der Waals surface area (Å²) in [6.45, 7) is 2.16. The summed E-state index contributed by atoms with van der Waals surface area (Å²) in [6, 6.07) is 12.3. The minimum Gasteiger partial charge on any atom is -0.369 e. The molecule has 0 saturated carbocycles. The molecule has 11 heteroatoms. The van der Waals surface area contributed by atoms with Gasteiger partial charge < -0.3 is 10.2 Å². The molecule has 1 aliphatic rings. The zero-order valence-corrected chi connectivity index (χ0v) is 19.2. The first-order valence-corrected chi connectivity index (χ1v) is 12.0. The van der Waals surface area contributed by atoms with Gasteiger partial charge in [0, 0.05) is 37.6 Å². The summed E-state index contributed by atoms with van der Waals surface area (Å²) in [5.74, 6) is -0.458. The highest BCUT2D eigenvalue weighted by atomic mass is 35.5. The van der Waals surface area contributed by atoms with Crippen molar-refractivity contribution in [3.05, 3.63) is 58.1 Å². The van der Waals surface area contributed by atoms with Crippen LogP contribution in [0.2, 0.25) is 10.0 Å². The Morgan fingerprint density at radius 1 is 1.03 bits per heavy atom. The second kappa shape index (κ2) is 9.49. The Labute approximate surface area is 191 Å². The van der Waals surface area contributed by atoms with E-state index in [0.717, 1.165) is 5.69 Å². The van der Waals surface area contributed by atoms with Gasteiger partial charge in [-0.05, 0) is 48.6 Å². The molecular formula is C19H20Cl2N4O3S2. The van der Waals surface area contributed by atoms with E-state index < -0.39 is 15.9 Å². The summed E-state index contributed by atoms with van der Waals surface area (Å²) in [7, 11) is -3.15. The van der Waals surface area contributed by atoms with Crippen LogP contribution in [0.4, 0.5) is 11.4 Å². The van der Waals surface area contributed by atoms with Crippen molar-refractivity contribution in [3.63, 3.8) is 0 Å². The van der Waals surface area contributed by atoms with Gasteiger partial charge in [-0.1, -0.05) is 29.3 Å². The molecule has 160 valence electrons. The molecule has 0 aliphatic carbocycles. The topological polar surface area (TPSA) is 81.8 Å². The third kappa shape index (κ3) is 5.61. The van der Waals surface area contributed by atoms with Gasteiger partial charge in [-0.2, -0.15) is 4.31 Å². The lowest BCUT2D eigenvalue weighted by Gasteiger charge is -2.34. The Bertz CT molecular complexity index is 1050. The summed E-state index contributed by atoms with van der Waals surface area (Å²) < 4.78 is 24.7. The SMILES string of the molecule is CS(=O)(=O)N1CCN(c2ccc(NC(=S)NC(=O)c3cccc(Cl)c3Cl)cc2)CC1. The molecule has 0 bridgehead atoms. The van der Waals surface area contributed by atoms with Gasteiger partial charge in [0.1, 0.15) is 0 Å². The number of carbonyl (C=O) groups excluding carboxylic acids is 1. The van der Waals surface area contributed by atoms with Gasteiger partial charge in [0.25, 0.3) is 5.91 Å². The summed E-state index contributed by atoms with van der Waals surface area (Å²) in [4.78, 5) is 14.5. The Morgan fingerprint density at radius 3 is 2.27 bits per heavy atom. The lowest BCUT2D eigenvalue weighted by atomic mass is 10.2. The van der Waals surface area contributed by atoms with Crippen LogP contribution in [0.15, 0.2) is 42.5 Å². The summed E-state index contributed by atoms with van der Waals surface area (Å²) in [5.41, 5.74) is 1.92. The van der Waals surface area contributed by atoms with Crippen molar-refractivity contribution in [3.8, 4) is 0 Å². The number of thiocarbonyl (C=S) groups is 1. The first-order valence-electron chi connectivity index (χ1n) is 9.01. The van der Waals surface area contributed by atoms with Gasteiger partial charge in [0.2, 0.25) is 10.0 Å². The average Bonchev–Trinajstić information content (AvgIpc) is 2.70. The van der Waals surface area contributed by atoms with Gasteiger partial charge in [-0.25, -0.2) is 8.42 Å². The quantitative estimate of drug-likeness (QED) is 0.645. The van der Waals surface area contributed by atoms with E-state index in [4.69, 9.17) is 35.4 Å². The zero-order chi connectivity index (χ0) is 21.9. The number of hydrogen-bond acceptors (Lipinski definition) is 5. The van der Waals surface area contributed by atoms with Crippen LogP contribution in [0.25, 0.3) is 0 Å². The van der Waals surface area contributed by atoms with Gasteiger partial charge in [0.05, 0.1) is 21.9 Å². The van der Waals surface area contributed by atoms with Crippen molar-refractivity contribution in [2.75, 3.05) is 42.7 Å². The molecule has 0 aromatic heterocycles. The summed E-state index contributed by atoms with van der Waals surface area (Å²) >= 11 is 17.2. The molecule has 0 unspecified atom stereocenters. The van der Waals surface area contributed by atoms with Crippen LogP contribution in [0.1, 0.15) is 10.4 Å². The van der Waals surface area contributed by atoms with Crippen LogP contribution in [0.5, 0.6) is 0 Å². The first-order chi connectivity index (χ1) is 14.1. The molecule has 0 atom stereocenters. The van der Waals surface area contributed by atoms with Crippen molar-refractivity contribution in [2.45, 2.75) is 0 Å². The molecule has 3 rings (SSSR count). The van der Waals surface area contributed by atoms with E-state index in [-0.39, 0.29) is 20.7 Å². The number of halogens is 2. The normalized spacial score (nSPS) is 15.0. The maximum Gasteiger partial charge on any atom is 0.258 e. The highest BCUT2D eigenvalue weighted by Gasteiger charge is 2.23. The van der Waals surface area contributed by atoms with E-state index in [1.807, 2.05) is 24.3 Å². The van der Waals surface area contributed by atoms with Crippen LogP contribution in [-0.2, 0) is 10.0 Å². The summed E-state index contributed by atoms with van der Waals surface area (Å²) in [6.07, 6.45) is 1.23. The zero-order valence-electron chi connectivity index (χ0n) is 16.1. The molecule has 30 heavy (non-hydrogen) atoms. The Hall–Kier alpha value is -1.91. The van der Waals surface area contributed by atoms with Crippen molar-refractivity contribution in [2.24, 2.45) is 0 Å². The smallest absolute Gasteiger partial charge is 0.258 e. The largest absolute Gasteiger partial charge is 0.369 e. The lowest BCUT2D eigenvalue weighted by molar-refractivity contribution is 0.0978. The number of nitrogens with one attached hydrogen (secondary N) is 2. The van der Waals surface area contributed by atoms with E-state index >= 15 is 0 Å². The van der Waals surface area contributed by atoms with Gasteiger partial charge in [-0.15, -0.1) is 0 Å². The molecule has 2 aromatic carbocycles. The maximum atomic E-state index is 12.3. The Balaban J connectivity index is 1.56. The average molecular weight is 487 g/mol. The van der Waals surface area contributed by atoms with Crippen LogP contribution in [0, 0.1) is 0 Å². The minimum atomic E-state index is -3.15. The third-order valence-corrected chi connectivity index (χ3v) is 6.95. The molecule has 2 N–H and O–H groups in total. The molecule has 1 heterocycles. The number of carbonyl (C=O) groups is 1. The standard InChI is InChI=1S/C19H20Cl2N4O3S2/c1-30(27,28)25-11-9-24(10-12-25)14-7-5-13(6-8-14)22-19(29)23-18(26)15-3-2-4-16(20)17(15)21/h2-8H,9-12H2,1H3,(H2,22,23,26,29). The van der Waals surface area contributed by atoms with Crippen molar-refractivity contribution < 1.29 is 13.2 Å². The van der Waals surface area contributed by atoms with Crippen LogP contribution in [0.3, 0.4) is 0 Å². The number of rotatable bonds is 4. The Morgan fingerprint density at radius 2 is 1.67 bits per heavy atom. The number of nitrogens with zero attached hydrogens (tertiary/aromatic N) is 2. The molecule has 1 amide bonds. The van der Waals surface area contributed by atoms with Gasteiger partial charge >= 0.3 is 0 Å². The van der Waals surface area contributed by atoms with Crippen molar-refractivity contribution in [1.82, 2.24) is 9.62 Å². The highest BCUT2D eigenvalue weighted by molar-refractivity contribution is 7.88. The second-order valence-corrected chi connectivity index (χ2v) is 9.88. The number of amides is 1. The fourth-order valence-electron chi connectivity index (χ4n) is 3.05. The molecule has 1 saturated heterocycles. The molecule has 7 nitrogen and oxygen atoms in total. The lowest BCUT2D eigenvalue weighted by Crippen LogP contribution is -2.48. The number of benzene rings is 2. The fraction of sp³-hybridized carbons (Fsp3) is 0.263. The van der Waals surface area contributed by atoms with Crippen LogP contribution < -0.4 is 15.5 Å². The molecular weight excluding hydrogens is 467 g/mol. The number of piperazine rings is 1. The molecule has 1 aliphatic heterocycles. The van der Waals surface area contributed by atoms with E-state index in [1.54, 1.807) is 18.2 Å². The predicted molar refractivity (Wildman–Crippen MR) is 125 cm³/mol. The van der Waals surface area contributed by atoms with E-state index in [9.17, 15) is 13.2 Å². The minimum absolute atomic E-state index is 0.130. The van der Waals surface area contributed by atoms with Crippen LogP contribution in [-0.4, -0.2) is 56.2 Å². The fourth-order valence-corrected chi connectivity index (χ4v) is 4.47. The molecule has 1 fully saturated rings. The number of sulfonamides is 1. The predicted octanol–water partition coefficient (Wildman–Crippen LogP) is 3.20. The number of anilines is 2. The molecule has 0 spiro atoms. The summed E-state index contributed by atoms with van der Waals surface area (Å²) in [5, 5.41) is 6.11. The van der Waals surface area contributed by atoms with Crippen LogP contribution >= 0.6 is 35.4 Å². The second-order valence-electron chi connectivity index (χ2n) is 6.71. The van der Waals surface area contributed by atoms with Crippen molar-refractivity contribution in [1.29, 1.82) is 0 Å². The first kappa shape index (κ1) is 22.8. The van der Waals surface area contributed by atoms with E-state index in [1.165, 1.54) is 10.6 Å². The van der Waals surface area contributed by atoms with E-state index in [2.05, 4.69) is 15.5 Å². The van der Waals surface area contributed by atoms with Crippen molar-refractivity contribution >= 4 is 67.8 Å². The monoisotopic (exact) mass is 486 g/mol. The van der Waals surface area contributed by atoms with E-state index in [0.29, 0.717) is 31.9 Å². The molecule has 2 aromatic rings. The van der Waals surface area contributed by atoms with Gasteiger partial charge in [-0.3, -0.25) is 10.1 Å². The number of hydrogen-bond donors (Lipinski definition) is 2. The molecule has 0 radical (unpaired) electrons.